The van der Waals surface area contributed by atoms with Crippen molar-refractivity contribution in [2.45, 2.75) is 12.8 Å². The van der Waals surface area contributed by atoms with Gasteiger partial charge in [0.05, 0.1) is 6.20 Å². The van der Waals surface area contributed by atoms with Crippen LogP contribution in [0, 0.1) is 5.92 Å². The average Bonchev–Trinajstić information content (AvgIpc) is 2.93. The van der Waals surface area contributed by atoms with Gasteiger partial charge in [-0.1, -0.05) is 11.6 Å². The van der Waals surface area contributed by atoms with Crippen LogP contribution < -0.4 is 10.6 Å². The van der Waals surface area contributed by atoms with Gasteiger partial charge in [0.25, 0.3) is 0 Å². The van der Waals surface area contributed by atoms with Crippen LogP contribution in [-0.2, 0) is 0 Å². The molecule has 2 rings (SSSR count). The molecule has 0 unspecified atom stereocenters. The second kappa shape index (κ2) is 3.61. The molecule has 0 saturated heterocycles. The van der Waals surface area contributed by atoms with E-state index in [-0.39, 0.29) is 5.95 Å². The van der Waals surface area contributed by atoms with Crippen LogP contribution in [0.3, 0.4) is 0 Å². The molecule has 0 bridgehead atoms. The number of hydrogen-bond donors (Lipinski definition) is 1. The molecule has 0 atom stereocenters. The van der Waals surface area contributed by atoms with Crippen molar-refractivity contribution in [2.24, 2.45) is 5.92 Å². The van der Waals surface area contributed by atoms with E-state index in [0.717, 1.165) is 18.3 Å². The van der Waals surface area contributed by atoms with Crippen molar-refractivity contribution in [1.82, 2.24) is 9.97 Å². The normalized spacial score (nSPS) is 15.6. The summed E-state index contributed by atoms with van der Waals surface area (Å²) in [6, 6.07) is 0. The zero-order chi connectivity index (χ0) is 10.1. The molecule has 1 aliphatic carbocycles. The highest BCUT2D eigenvalue weighted by Crippen LogP contribution is 2.32. The van der Waals surface area contributed by atoms with Crippen molar-refractivity contribution in [1.29, 1.82) is 0 Å². The SMILES string of the molecule is CN(CC1CC1)c1nc(N)ncc1Cl. The van der Waals surface area contributed by atoms with Crippen LogP contribution in [0.2, 0.25) is 5.02 Å². The molecule has 0 spiro atoms. The summed E-state index contributed by atoms with van der Waals surface area (Å²) in [7, 11) is 1.98. The highest BCUT2D eigenvalue weighted by molar-refractivity contribution is 6.32. The first-order valence-corrected chi connectivity index (χ1v) is 5.04. The molecule has 14 heavy (non-hydrogen) atoms. The molecule has 0 radical (unpaired) electrons. The van der Waals surface area contributed by atoms with E-state index in [4.69, 9.17) is 17.3 Å². The quantitative estimate of drug-likeness (QED) is 0.826. The summed E-state index contributed by atoms with van der Waals surface area (Å²) in [5, 5.41) is 0.558. The summed E-state index contributed by atoms with van der Waals surface area (Å²) in [6.45, 7) is 0.996. The lowest BCUT2D eigenvalue weighted by atomic mass is 10.4. The molecule has 1 aliphatic rings. The summed E-state index contributed by atoms with van der Waals surface area (Å²) in [4.78, 5) is 9.98. The fourth-order valence-corrected chi connectivity index (χ4v) is 1.65. The number of anilines is 2. The standard InChI is InChI=1S/C9H13ClN4/c1-14(5-6-2-3-6)8-7(10)4-12-9(11)13-8/h4,6H,2-3,5H2,1H3,(H2,11,12,13). The maximum Gasteiger partial charge on any atom is 0.222 e. The lowest BCUT2D eigenvalue weighted by molar-refractivity contribution is 0.776. The number of nitrogens with zero attached hydrogens (tertiary/aromatic N) is 3. The zero-order valence-corrected chi connectivity index (χ0v) is 8.83. The van der Waals surface area contributed by atoms with E-state index < -0.39 is 0 Å². The molecule has 1 aromatic rings. The number of hydrogen-bond acceptors (Lipinski definition) is 4. The lowest BCUT2D eigenvalue weighted by Gasteiger charge is -2.18. The Kier molecular flexibility index (Phi) is 2.46. The molecular weight excluding hydrogens is 200 g/mol. The van der Waals surface area contributed by atoms with Crippen LogP contribution in [-0.4, -0.2) is 23.6 Å². The largest absolute Gasteiger partial charge is 0.368 e. The third-order valence-electron chi connectivity index (χ3n) is 2.33. The van der Waals surface area contributed by atoms with Gasteiger partial charge < -0.3 is 10.6 Å². The highest BCUT2D eigenvalue weighted by Gasteiger charge is 2.24. The van der Waals surface area contributed by atoms with Crippen molar-refractivity contribution in [3.05, 3.63) is 11.2 Å². The van der Waals surface area contributed by atoms with Crippen LogP contribution in [0.4, 0.5) is 11.8 Å². The van der Waals surface area contributed by atoms with Crippen molar-refractivity contribution in [2.75, 3.05) is 24.2 Å². The molecule has 0 aromatic carbocycles. The molecule has 0 aliphatic heterocycles. The third kappa shape index (κ3) is 2.07. The van der Waals surface area contributed by atoms with E-state index in [1.165, 1.54) is 12.8 Å². The van der Waals surface area contributed by atoms with Crippen molar-refractivity contribution in [3.8, 4) is 0 Å². The van der Waals surface area contributed by atoms with Crippen molar-refractivity contribution < 1.29 is 0 Å². The maximum absolute atomic E-state index is 5.97. The number of halogens is 1. The Hall–Kier alpha value is -1.03. The molecule has 76 valence electrons. The monoisotopic (exact) mass is 212 g/mol. The van der Waals surface area contributed by atoms with Gasteiger partial charge in [-0.2, -0.15) is 4.98 Å². The minimum absolute atomic E-state index is 0.270. The fraction of sp³-hybridized carbons (Fsp3) is 0.556. The van der Waals surface area contributed by atoms with Gasteiger partial charge in [0.1, 0.15) is 5.02 Å². The molecule has 4 nitrogen and oxygen atoms in total. The fourth-order valence-electron chi connectivity index (χ4n) is 1.41. The summed E-state index contributed by atoms with van der Waals surface area (Å²) >= 11 is 5.97. The Morgan fingerprint density at radius 1 is 1.64 bits per heavy atom. The number of rotatable bonds is 3. The van der Waals surface area contributed by atoms with Crippen LogP contribution in [0.15, 0.2) is 6.20 Å². The molecule has 5 heteroatoms. The summed E-state index contributed by atoms with van der Waals surface area (Å²) in [5.74, 6) is 1.80. The Morgan fingerprint density at radius 3 is 3.00 bits per heavy atom. The summed E-state index contributed by atoms with van der Waals surface area (Å²) in [5.41, 5.74) is 5.50. The molecule has 1 fully saturated rings. The minimum Gasteiger partial charge on any atom is -0.368 e. The number of aromatic nitrogens is 2. The first-order valence-electron chi connectivity index (χ1n) is 4.66. The van der Waals surface area contributed by atoms with Gasteiger partial charge in [-0.3, -0.25) is 0 Å². The van der Waals surface area contributed by atoms with E-state index in [9.17, 15) is 0 Å². The smallest absolute Gasteiger partial charge is 0.222 e. The summed E-state index contributed by atoms with van der Waals surface area (Å²) < 4.78 is 0. The van der Waals surface area contributed by atoms with Crippen molar-refractivity contribution >= 4 is 23.4 Å². The second-order valence-electron chi connectivity index (χ2n) is 3.72. The van der Waals surface area contributed by atoms with Gasteiger partial charge in [0, 0.05) is 13.6 Å². The predicted octanol–water partition coefficient (Wildman–Crippen LogP) is 1.56. The second-order valence-corrected chi connectivity index (χ2v) is 4.13. The Morgan fingerprint density at radius 2 is 2.36 bits per heavy atom. The van der Waals surface area contributed by atoms with E-state index in [1.54, 1.807) is 6.20 Å². The first kappa shape index (κ1) is 9.52. The third-order valence-corrected chi connectivity index (χ3v) is 2.60. The molecule has 0 amide bonds. The van der Waals surface area contributed by atoms with E-state index in [0.29, 0.717) is 5.02 Å². The van der Waals surface area contributed by atoms with Gasteiger partial charge in [0.15, 0.2) is 5.82 Å². The lowest BCUT2D eigenvalue weighted by Crippen LogP contribution is -2.22. The predicted molar refractivity (Wildman–Crippen MR) is 57.4 cm³/mol. The highest BCUT2D eigenvalue weighted by atomic mass is 35.5. The average molecular weight is 213 g/mol. The Bertz CT molecular complexity index is 338. The van der Waals surface area contributed by atoms with Gasteiger partial charge in [0.2, 0.25) is 5.95 Å². The minimum atomic E-state index is 0.270. The maximum atomic E-state index is 5.97. The van der Waals surface area contributed by atoms with E-state index in [1.807, 2.05) is 11.9 Å². The number of nitrogens with two attached hydrogens (primary N) is 1. The van der Waals surface area contributed by atoms with Gasteiger partial charge >= 0.3 is 0 Å². The van der Waals surface area contributed by atoms with Gasteiger partial charge in [-0.25, -0.2) is 4.98 Å². The van der Waals surface area contributed by atoms with E-state index in [2.05, 4.69) is 9.97 Å². The molecule has 1 aromatic heterocycles. The van der Waals surface area contributed by atoms with Gasteiger partial charge in [-0.15, -0.1) is 0 Å². The topological polar surface area (TPSA) is 55.0 Å². The molecule has 1 heterocycles. The zero-order valence-electron chi connectivity index (χ0n) is 8.07. The first-order chi connectivity index (χ1) is 6.66. The Labute approximate surface area is 88.1 Å². The molecule has 2 N–H and O–H groups in total. The van der Waals surface area contributed by atoms with Crippen LogP contribution in [0.25, 0.3) is 0 Å². The molecular formula is C9H13ClN4. The summed E-state index contributed by atoms with van der Waals surface area (Å²) in [6.07, 6.45) is 4.16. The van der Waals surface area contributed by atoms with Gasteiger partial charge in [-0.05, 0) is 18.8 Å². The Balaban J connectivity index is 2.15. The van der Waals surface area contributed by atoms with Crippen molar-refractivity contribution in [3.63, 3.8) is 0 Å². The van der Waals surface area contributed by atoms with Crippen LogP contribution in [0.1, 0.15) is 12.8 Å². The van der Waals surface area contributed by atoms with Crippen LogP contribution >= 0.6 is 11.6 Å². The number of nitrogen functional groups attached to an aromatic ring is 1. The molecule has 1 saturated carbocycles. The van der Waals surface area contributed by atoms with E-state index >= 15 is 0 Å². The van der Waals surface area contributed by atoms with Crippen LogP contribution in [0.5, 0.6) is 0 Å².